The lowest BCUT2D eigenvalue weighted by atomic mass is 9.88. The van der Waals surface area contributed by atoms with Crippen LogP contribution >= 0.6 is 0 Å². The van der Waals surface area contributed by atoms with Gasteiger partial charge in [-0.15, -0.1) is 13.2 Å². The van der Waals surface area contributed by atoms with Crippen LogP contribution in [0.2, 0.25) is 0 Å². The van der Waals surface area contributed by atoms with E-state index in [1.807, 2.05) is 0 Å². The van der Waals surface area contributed by atoms with Crippen LogP contribution in [0.25, 0.3) is 0 Å². The standard InChI is InChI=1S/C13H19N3O2/c1-4-6-13(18,7-5-2)10(3)16-12(17)11-14-8-9-15-11/h4-5,8-10,18H,1-2,6-7H2,3H3,(H,14,15)(H,16,17)/t10-/m0/s1. The first-order chi connectivity index (χ1) is 8.53. The van der Waals surface area contributed by atoms with Gasteiger partial charge in [0.2, 0.25) is 0 Å². The number of aliphatic hydroxyl groups is 1. The van der Waals surface area contributed by atoms with Crippen LogP contribution in [-0.4, -0.2) is 32.6 Å². The van der Waals surface area contributed by atoms with E-state index in [2.05, 4.69) is 28.4 Å². The lowest BCUT2D eigenvalue weighted by Crippen LogP contribution is -2.50. The van der Waals surface area contributed by atoms with E-state index < -0.39 is 11.6 Å². The Kier molecular flexibility index (Phi) is 4.85. The summed E-state index contributed by atoms with van der Waals surface area (Å²) in [6.07, 6.45) is 7.06. The Labute approximate surface area is 107 Å². The van der Waals surface area contributed by atoms with Gasteiger partial charge in [0.1, 0.15) is 0 Å². The third-order valence-corrected chi connectivity index (χ3v) is 2.86. The second-order valence-corrected chi connectivity index (χ2v) is 4.22. The fourth-order valence-corrected chi connectivity index (χ4v) is 1.73. The highest BCUT2D eigenvalue weighted by molar-refractivity contribution is 5.90. The third kappa shape index (κ3) is 3.30. The predicted molar refractivity (Wildman–Crippen MR) is 70.1 cm³/mol. The highest BCUT2D eigenvalue weighted by Gasteiger charge is 2.32. The average Bonchev–Trinajstić information content (AvgIpc) is 2.82. The number of hydrogen-bond acceptors (Lipinski definition) is 3. The van der Waals surface area contributed by atoms with E-state index in [1.165, 1.54) is 6.20 Å². The number of aromatic amines is 1. The van der Waals surface area contributed by atoms with Gasteiger partial charge in [-0.25, -0.2) is 4.98 Å². The van der Waals surface area contributed by atoms with E-state index >= 15 is 0 Å². The summed E-state index contributed by atoms with van der Waals surface area (Å²) in [6, 6.07) is -0.439. The lowest BCUT2D eigenvalue weighted by molar-refractivity contribution is 0.0126. The van der Waals surface area contributed by atoms with Crippen LogP contribution in [-0.2, 0) is 0 Å². The van der Waals surface area contributed by atoms with Crippen molar-refractivity contribution in [2.24, 2.45) is 0 Å². The molecule has 0 saturated heterocycles. The molecule has 0 spiro atoms. The number of nitrogens with one attached hydrogen (secondary N) is 2. The molecule has 0 aliphatic heterocycles. The number of rotatable bonds is 7. The first-order valence-corrected chi connectivity index (χ1v) is 5.78. The molecule has 1 amide bonds. The summed E-state index contributed by atoms with van der Waals surface area (Å²) < 4.78 is 0. The Hall–Kier alpha value is -1.88. The van der Waals surface area contributed by atoms with Crippen LogP contribution in [0.5, 0.6) is 0 Å². The second kappa shape index (κ2) is 6.16. The summed E-state index contributed by atoms with van der Waals surface area (Å²) in [5.41, 5.74) is -1.08. The summed E-state index contributed by atoms with van der Waals surface area (Å²) in [5.74, 6) is -0.125. The van der Waals surface area contributed by atoms with E-state index in [0.717, 1.165) is 0 Å². The Bertz CT molecular complexity index is 402. The van der Waals surface area contributed by atoms with Gasteiger partial charge in [-0.3, -0.25) is 4.79 Å². The van der Waals surface area contributed by atoms with Crippen molar-refractivity contribution in [3.63, 3.8) is 0 Å². The van der Waals surface area contributed by atoms with Crippen LogP contribution in [0.15, 0.2) is 37.7 Å². The molecule has 3 N–H and O–H groups in total. The zero-order chi connectivity index (χ0) is 13.6. The summed E-state index contributed by atoms with van der Waals surface area (Å²) in [4.78, 5) is 18.4. The normalized spacial score (nSPS) is 12.8. The number of carbonyl (C=O) groups excluding carboxylic acids is 1. The number of carbonyl (C=O) groups is 1. The van der Waals surface area contributed by atoms with Gasteiger partial charge in [0.15, 0.2) is 5.82 Å². The van der Waals surface area contributed by atoms with Crippen LogP contribution in [0, 0.1) is 0 Å². The molecule has 0 aliphatic rings. The Morgan fingerprint density at radius 2 is 2.22 bits per heavy atom. The number of imidazole rings is 1. The first-order valence-electron chi connectivity index (χ1n) is 5.78. The van der Waals surface area contributed by atoms with E-state index in [0.29, 0.717) is 12.8 Å². The Morgan fingerprint density at radius 1 is 1.61 bits per heavy atom. The molecule has 0 aliphatic carbocycles. The van der Waals surface area contributed by atoms with Gasteiger partial charge < -0.3 is 15.4 Å². The summed E-state index contributed by atoms with van der Waals surface area (Å²) in [7, 11) is 0. The van der Waals surface area contributed by atoms with E-state index in [9.17, 15) is 9.90 Å². The second-order valence-electron chi connectivity index (χ2n) is 4.22. The van der Waals surface area contributed by atoms with Gasteiger partial charge in [0, 0.05) is 12.4 Å². The molecular weight excluding hydrogens is 230 g/mol. The van der Waals surface area contributed by atoms with Crippen molar-refractivity contribution in [2.45, 2.75) is 31.4 Å². The zero-order valence-corrected chi connectivity index (χ0v) is 10.5. The predicted octanol–water partition coefficient (Wildman–Crippen LogP) is 1.41. The molecular formula is C13H19N3O2. The van der Waals surface area contributed by atoms with Gasteiger partial charge >= 0.3 is 0 Å². The van der Waals surface area contributed by atoms with Gasteiger partial charge in [-0.2, -0.15) is 0 Å². The molecule has 0 bridgehead atoms. The van der Waals surface area contributed by atoms with Gasteiger partial charge in [-0.1, -0.05) is 12.2 Å². The van der Waals surface area contributed by atoms with Crippen LogP contribution in [0.4, 0.5) is 0 Å². The van der Waals surface area contributed by atoms with E-state index in [-0.39, 0.29) is 11.7 Å². The molecule has 1 heterocycles. The zero-order valence-electron chi connectivity index (χ0n) is 10.5. The highest BCUT2D eigenvalue weighted by atomic mass is 16.3. The van der Waals surface area contributed by atoms with Crippen molar-refractivity contribution in [2.75, 3.05) is 0 Å². The third-order valence-electron chi connectivity index (χ3n) is 2.86. The van der Waals surface area contributed by atoms with Crippen molar-refractivity contribution in [3.05, 3.63) is 43.5 Å². The Balaban J connectivity index is 2.72. The number of nitrogens with zero attached hydrogens (tertiary/aromatic N) is 1. The van der Waals surface area contributed by atoms with Gasteiger partial charge in [0.05, 0.1) is 11.6 Å². The molecule has 1 aromatic rings. The molecule has 1 rings (SSSR count). The molecule has 1 atom stereocenters. The fourth-order valence-electron chi connectivity index (χ4n) is 1.73. The highest BCUT2D eigenvalue weighted by Crippen LogP contribution is 2.21. The van der Waals surface area contributed by atoms with Crippen molar-refractivity contribution >= 4 is 5.91 Å². The number of amides is 1. The van der Waals surface area contributed by atoms with Gasteiger partial charge in [-0.05, 0) is 19.8 Å². The largest absolute Gasteiger partial charge is 0.387 e. The maximum atomic E-state index is 11.8. The van der Waals surface area contributed by atoms with E-state index in [1.54, 1.807) is 25.3 Å². The maximum absolute atomic E-state index is 11.8. The lowest BCUT2D eigenvalue weighted by Gasteiger charge is -2.32. The van der Waals surface area contributed by atoms with Crippen molar-refractivity contribution in [3.8, 4) is 0 Å². The fraction of sp³-hybridized carbons (Fsp3) is 0.385. The molecule has 1 aromatic heterocycles. The molecule has 0 fully saturated rings. The molecule has 98 valence electrons. The molecule has 5 heteroatoms. The summed E-state index contributed by atoms with van der Waals surface area (Å²) in [5, 5.41) is 13.2. The average molecular weight is 249 g/mol. The first kappa shape index (κ1) is 14.2. The van der Waals surface area contributed by atoms with E-state index in [4.69, 9.17) is 0 Å². The van der Waals surface area contributed by atoms with Crippen molar-refractivity contribution < 1.29 is 9.90 Å². The number of aromatic nitrogens is 2. The molecule has 18 heavy (non-hydrogen) atoms. The minimum Gasteiger partial charge on any atom is -0.387 e. The number of hydrogen-bond donors (Lipinski definition) is 3. The van der Waals surface area contributed by atoms with Crippen LogP contribution < -0.4 is 5.32 Å². The summed E-state index contributed by atoms with van der Waals surface area (Å²) >= 11 is 0. The summed E-state index contributed by atoms with van der Waals surface area (Å²) in [6.45, 7) is 8.97. The maximum Gasteiger partial charge on any atom is 0.287 e. The minimum absolute atomic E-state index is 0.224. The van der Waals surface area contributed by atoms with Crippen LogP contribution in [0.3, 0.4) is 0 Å². The van der Waals surface area contributed by atoms with Crippen molar-refractivity contribution in [1.29, 1.82) is 0 Å². The minimum atomic E-state index is -1.08. The Morgan fingerprint density at radius 3 is 2.67 bits per heavy atom. The topological polar surface area (TPSA) is 78.0 Å². The van der Waals surface area contributed by atoms with Gasteiger partial charge in [0.25, 0.3) is 5.91 Å². The van der Waals surface area contributed by atoms with Crippen molar-refractivity contribution in [1.82, 2.24) is 15.3 Å². The van der Waals surface area contributed by atoms with Crippen LogP contribution in [0.1, 0.15) is 30.4 Å². The molecule has 0 unspecified atom stereocenters. The quantitative estimate of drug-likeness (QED) is 0.639. The monoisotopic (exact) mass is 249 g/mol. The molecule has 5 nitrogen and oxygen atoms in total. The molecule has 0 radical (unpaired) electrons. The molecule has 0 saturated carbocycles. The number of H-pyrrole nitrogens is 1. The smallest absolute Gasteiger partial charge is 0.287 e. The SMILES string of the molecule is C=CCC(O)(CC=C)[C@H](C)NC(=O)c1ncc[nH]1. The molecule has 0 aromatic carbocycles.